The lowest BCUT2D eigenvalue weighted by molar-refractivity contribution is 0.0693. The van der Waals surface area contributed by atoms with E-state index >= 15 is 0 Å². The van der Waals surface area contributed by atoms with Crippen LogP contribution in [0.2, 0.25) is 5.15 Å². The van der Waals surface area contributed by atoms with E-state index in [2.05, 4.69) is 10.1 Å². The Morgan fingerprint density at radius 3 is 3.06 bits per heavy atom. The molecule has 0 spiro atoms. The van der Waals surface area contributed by atoms with Crippen molar-refractivity contribution in [3.05, 3.63) is 40.9 Å². The van der Waals surface area contributed by atoms with Gasteiger partial charge in [-0.2, -0.15) is 5.10 Å². The molecule has 94 valence electrons. The predicted molar refractivity (Wildman–Crippen MR) is 63.7 cm³/mol. The van der Waals surface area contributed by atoms with E-state index in [4.69, 9.17) is 21.4 Å². The Labute approximate surface area is 108 Å². The van der Waals surface area contributed by atoms with E-state index in [1.165, 1.54) is 17.1 Å². The average molecular weight is 268 g/mol. The van der Waals surface area contributed by atoms with Crippen molar-refractivity contribution < 1.29 is 14.6 Å². The first kappa shape index (κ1) is 12.4. The highest BCUT2D eigenvalue weighted by molar-refractivity contribution is 6.29. The van der Waals surface area contributed by atoms with Crippen LogP contribution in [-0.4, -0.2) is 25.8 Å². The summed E-state index contributed by atoms with van der Waals surface area (Å²) in [5.74, 6) is -0.512. The molecule has 7 heteroatoms. The first-order chi connectivity index (χ1) is 8.58. The molecule has 2 aromatic heterocycles. The van der Waals surface area contributed by atoms with Gasteiger partial charge in [-0.3, -0.25) is 4.68 Å². The first-order valence-corrected chi connectivity index (χ1v) is 5.44. The molecule has 0 amide bonds. The van der Waals surface area contributed by atoms with Crippen molar-refractivity contribution in [3.63, 3.8) is 0 Å². The maximum Gasteiger partial charge on any atom is 0.339 e. The molecule has 0 unspecified atom stereocenters. The summed E-state index contributed by atoms with van der Waals surface area (Å²) in [5.41, 5.74) is 0.605. The number of aromatic carboxylic acids is 1. The van der Waals surface area contributed by atoms with Crippen LogP contribution in [0.25, 0.3) is 0 Å². The van der Waals surface area contributed by atoms with Crippen molar-refractivity contribution in [1.29, 1.82) is 0 Å². The molecule has 0 aromatic carbocycles. The summed E-state index contributed by atoms with van der Waals surface area (Å²) in [7, 11) is 1.66. The van der Waals surface area contributed by atoms with Crippen molar-refractivity contribution in [3.8, 4) is 5.75 Å². The third-order valence-electron chi connectivity index (χ3n) is 2.37. The van der Waals surface area contributed by atoms with Crippen LogP contribution in [0.1, 0.15) is 16.1 Å². The van der Waals surface area contributed by atoms with Gasteiger partial charge in [-0.15, -0.1) is 0 Å². The molecule has 0 saturated carbocycles. The van der Waals surface area contributed by atoms with Crippen molar-refractivity contribution in [2.75, 3.05) is 0 Å². The number of aromatic nitrogens is 3. The highest BCUT2D eigenvalue weighted by Crippen LogP contribution is 2.17. The number of hydrogen-bond acceptors (Lipinski definition) is 4. The fourth-order valence-electron chi connectivity index (χ4n) is 1.44. The number of nitrogens with zero attached hydrogens (tertiary/aromatic N) is 3. The minimum atomic E-state index is -1.03. The molecule has 0 saturated heterocycles. The molecule has 2 rings (SSSR count). The molecule has 1 N–H and O–H groups in total. The van der Waals surface area contributed by atoms with Gasteiger partial charge in [0, 0.05) is 19.3 Å². The Kier molecular flexibility index (Phi) is 3.47. The van der Waals surface area contributed by atoms with Crippen LogP contribution in [0.5, 0.6) is 5.75 Å². The SMILES string of the molecule is Cn1ncc(C(=O)O)c1COc1ccnc(Cl)c1. The third-order valence-corrected chi connectivity index (χ3v) is 2.57. The highest BCUT2D eigenvalue weighted by atomic mass is 35.5. The zero-order valence-corrected chi connectivity index (χ0v) is 10.3. The van der Waals surface area contributed by atoms with Gasteiger partial charge >= 0.3 is 5.97 Å². The summed E-state index contributed by atoms with van der Waals surface area (Å²) >= 11 is 5.72. The van der Waals surface area contributed by atoms with Crippen LogP contribution in [0.4, 0.5) is 0 Å². The Morgan fingerprint density at radius 2 is 2.39 bits per heavy atom. The maximum atomic E-state index is 11.0. The van der Waals surface area contributed by atoms with E-state index in [1.807, 2.05) is 0 Å². The number of carboxylic acid groups (broad SMARTS) is 1. The summed E-state index contributed by atoms with van der Waals surface area (Å²) < 4.78 is 6.92. The van der Waals surface area contributed by atoms with Crippen LogP contribution in [-0.2, 0) is 13.7 Å². The summed E-state index contributed by atoms with van der Waals surface area (Å²) in [6.07, 6.45) is 2.81. The van der Waals surface area contributed by atoms with Gasteiger partial charge in [0.2, 0.25) is 0 Å². The maximum absolute atomic E-state index is 11.0. The largest absolute Gasteiger partial charge is 0.487 e. The average Bonchev–Trinajstić information content (AvgIpc) is 2.68. The zero-order chi connectivity index (χ0) is 13.1. The Balaban J connectivity index is 2.15. The molecule has 0 aliphatic rings. The minimum absolute atomic E-state index is 0.0957. The van der Waals surface area contributed by atoms with Gasteiger partial charge in [-0.25, -0.2) is 9.78 Å². The summed E-state index contributed by atoms with van der Waals surface area (Å²) in [6, 6.07) is 3.20. The van der Waals surface area contributed by atoms with Crippen LogP contribution in [0, 0.1) is 0 Å². The fourth-order valence-corrected chi connectivity index (χ4v) is 1.60. The Hall–Kier alpha value is -2.08. The standard InChI is InChI=1S/C11H10ClN3O3/c1-15-9(8(5-14-15)11(16)17)6-18-7-2-3-13-10(12)4-7/h2-5H,6H2,1H3,(H,16,17). The Bertz CT molecular complexity index is 583. The lowest BCUT2D eigenvalue weighted by Crippen LogP contribution is -2.08. The van der Waals surface area contributed by atoms with Crippen LogP contribution in [0.15, 0.2) is 24.5 Å². The zero-order valence-electron chi connectivity index (χ0n) is 9.50. The molecule has 0 atom stereocenters. The van der Waals surface area contributed by atoms with Gasteiger partial charge in [-0.1, -0.05) is 11.6 Å². The second kappa shape index (κ2) is 5.05. The molecule has 0 bridgehead atoms. The number of carbonyl (C=O) groups is 1. The normalized spacial score (nSPS) is 10.3. The van der Waals surface area contributed by atoms with E-state index in [0.29, 0.717) is 16.6 Å². The molecule has 2 aromatic rings. The first-order valence-electron chi connectivity index (χ1n) is 5.06. The second-order valence-corrected chi connectivity index (χ2v) is 3.92. The molecule has 6 nitrogen and oxygen atoms in total. The lowest BCUT2D eigenvalue weighted by atomic mass is 10.2. The van der Waals surface area contributed by atoms with Crippen molar-refractivity contribution in [2.24, 2.45) is 7.05 Å². The number of aryl methyl sites for hydroxylation is 1. The fraction of sp³-hybridized carbons (Fsp3) is 0.182. The summed E-state index contributed by atoms with van der Waals surface area (Å²) in [5, 5.41) is 13.2. The minimum Gasteiger partial charge on any atom is -0.487 e. The molecule has 0 fully saturated rings. The molecular formula is C11H10ClN3O3. The van der Waals surface area contributed by atoms with Gasteiger partial charge in [0.15, 0.2) is 0 Å². The topological polar surface area (TPSA) is 77.2 Å². The summed E-state index contributed by atoms with van der Waals surface area (Å²) in [6.45, 7) is 0.0957. The molecule has 18 heavy (non-hydrogen) atoms. The van der Waals surface area contributed by atoms with E-state index < -0.39 is 5.97 Å². The van der Waals surface area contributed by atoms with Gasteiger partial charge in [-0.05, 0) is 6.07 Å². The number of pyridine rings is 1. The second-order valence-electron chi connectivity index (χ2n) is 3.54. The van der Waals surface area contributed by atoms with Crippen molar-refractivity contribution in [2.45, 2.75) is 6.61 Å². The number of ether oxygens (including phenoxy) is 1. The molecular weight excluding hydrogens is 258 g/mol. The smallest absolute Gasteiger partial charge is 0.339 e. The molecule has 0 aliphatic carbocycles. The summed E-state index contributed by atoms with van der Waals surface area (Å²) in [4.78, 5) is 14.8. The van der Waals surface area contributed by atoms with E-state index in [0.717, 1.165) is 0 Å². The lowest BCUT2D eigenvalue weighted by Gasteiger charge is -2.07. The van der Waals surface area contributed by atoms with Crippen LogP contribution in [0.3, 0.4) is 0 Å². The van der Waals surface area contributed by atoms with Crippen LogP contribution < -0.4 is 4.74 Å². The van der Waals surface area contributed by atoms with Crippen molar-refractivity contribution >= 4 is 17.6 Å². The van der Waals surface area contributed by atoms with Crippen LogP contribution >= 0.6 is 11.6 Å². The molecule has 2 heterocycles. The van der Waals surface area contributed by atoms with E-state index in [1.54, 1.807) is 19.2 Å². The number of halogens is 1. The van der Waals surface area contributed by atoms with Gasteiger partial charge < -0.3 is 9.84 Å². The number of hydrogen-bond donors (Lipinski definition) is 1. The third kappa shape index (κ3) is 2.60. The van der Waals surface area contributed by atoms with E-state index in [-0.39, 0.29) is 12.2 Å². The van der Waals surface area contributed by atoms with Gasteiger partial charge in [0.25, 0.3) is 0 Å². The molecule has 0 aliphatic heterocycles. The predicted octanol–water partition coefficient (Wildman–Crippen LogP) is 1.75. The molecule has 0 radical (unpaired) electrons. The Morgan fingerprint density at radius 1 is 1.61 bits per heavy atom. The highest BCUT2D eigenvalue weighted by Gasteiger charge is 2.15. The van der Waals surface area contributed by atoms with Gasteiger partial charge in [0.05, 0.1) is 11.9 Å². The quantitative estimate of drug-likeness (QED) is 0.854. The monoisotopic (exact) mass is 267 g/mol. The number of rotatable bonds is 4. The van der Waals surface area contributed by atoms with E-state index in [9.17, 15) is 4.79 Å². The van der Waals surface area contributed by atoms with Crippen molar-refractivity contribution in [1.82, 2.24) is 14.8 Å². The number of carboxylic acids is 1. The van der Waals surface area contributed by atoms with Gasteiger partial charge in [0.1, 0.15) is 23.1 Å².